The van der Waals surface area contributed by atoms with Crippen molar-refractivity contribution in [2.24, 2.45) is 0 Å². The summed E-state index contributed by atoms with van der Waals surface area (Å²) in [7, 11) is 0. The van der Waals surface area contributed by atoms with E-state index in [0.717, 1.165) is 5.00 Å². The standard InChI is InChI=1S/C12H8ClNOS2/c13-9-3-1-8(2-4-9)11(15)10-5-6-17-12(10)14-7-16/h1-7H,(H,14,16). The quantitative estimate of drug-likeness (QED) is 0.678. The lowest BCUT2D eigenvalue weighted by Crippen LogP contribution is -2.03. The lowest BCUT2D eigenvalue weighted by molar-refractivity contribution is 0.104. The number of hydrogen-bond acceptors (Lipinski definition) is 3. The third-order valence-electron chi connectivity index (χ3n) is 2.21. The Morgan fingerprint density at radius 3 is 2.65 bits per heavy atom. The van der Waals surface area contributed by atoms with Crippen LogP contribution in [0.25, 0.3) is 0 Å². The summed E-state index contributed by atoms with van der Waals surface area (Å²) in [5.41, 5.74) is 2.63. The van der Waals surface area contributed by atoms with Gasteiger partial charge in [-0.3, -0.25) is 4.79 Å². The molecule has 1 N–H and O–H groups in total. The van der Waals surface area contributed by atoms with Crippen molar-refractivity contribution in [1.29, 1.82) is 0 Å². The second-order valence-corrected chi connectivity index (χ2v) is 4.85. The predicted molar refractivity (Wildman–Crippen MR) is 76.5 cm³/mol. The molecule has 0 saturated heterocycles. The zero-order valence-electron chi connectivity index (χ0n) is 8.64. The first-order chi connectivity index (χ1) is 8.22. The fourth-order valence-corrected chi connectivity index (χ4v) is 2.48. The molecule has 0 radical (unpaired) electrons. The molecule has 0 atom stereocenters. The number of carbonyl (C=O) groups excluding carboxylic acids is 1. The number of nitrogens with one attached hydrogen (secondary N) is 1. The van der Waals surface area contributed by atoms with Crippen molar-refractivity contribution < 1.29 is 4.79 Å². The smallest absolute Gasteiger partial charge is 0.195 e. The van der Waals surface area contributed by atoms with E-state index in [4.69, 9.17) is 23.8 Å². The van der Waals surface area contributed by atoms with Gasteiger partial charge >= 0.3 is 0 Å². The van der Waals surface area contributed by atoms with E-state index in [0.29, 0.717) is 16.1 Å². The predicted octanol–water partition coefficient (Wildman–Crippen LogP) is 4.00. The fourth-order valence-electron chi connectivity index (χ4n) is 1.41. The molecule has 0 aliphatic rings. The van der Waals surface area contributed by atoms with Crippen LogP contribution in [0, 0.1) is 0 Å². The molecule has 1 aromatic carbocycles. The zero-order valence-corrected chi connectivity index (χ0v) is 11.0. The monoisotopic (exact) mass is 281 g/mol. The Hall–Kier alpha value is -1.23. The van der Waals surface area contributed by atoms with Gasteiger partial charge in [0.15, 0.2) is 5.78 Å². The lowest BCUT2D eigenvalue weighted by atomic mass is 10.1. The largest absolute Gasteiger partial charge is 0.344 e. The highest BCUT2D eigenvalue weighted by molar-refractivity contribution is 7.79. The van der Waals surface area contributed by atoms with Crippen LogP contribution in [-0.4, -0.2) is 11.3 Å². The Labute approximate surface area is 113 Å². The van der Waals surface area contributed by atoms with Crippen LogP contribution in [0.2, 0.25) is 5.02 Å². The maximum atomic E-state index is 12.2. The number of hydrogen-bond donors (Lipinski definition) is 1. The average molecular weight is 282 g/mol. The van der Waals surface area contributed by atoms with Crippen molar-refractivity contribution in [3.63, 3.8) is 0 Å². The number of carbonyl (C=O) groups is 1. The molecular formula is C12H8ClNOS2. The number of halogens is 1. The minimum Gasteiger partial charge on any atom is -0.344 e. The Balaban J connectivity index is 2.33. The number of anilines is 1. The summed E-state index contributed by atoms with van der Waals surface area (Å²) in [5.74, 6) is -0.0396. The Bertz CT molecular complexity index is 548. The Kier molecular flexibility index (Phi) is 3.89. The molecule has 2 nitrogen and oxygen atoms in total. The van der Waals surface area contributed by atoms with E-state index in [-0.39, 0.29) is 5.78 Å². The molecule has 0 bridgehead atoms. The summed E-state index contributed by atoms with van der Waals surface area (Å²) in [4.78, 5) is 12.2. The van der Waals surface area contributed by atoms with E-state index < -0.39 is 0 Å². The van der Waals surface area contributed by atoms with Gasteiger partial charge in [-0.1, -0.05) is 23.8 Å². The van der Waals surface area contributed by atoms with Gasteiger partial charge in [0, 0.05) is 10.6 Å². The summed E-state index contributed by atoms with van der Waals surface area (Å²) in [6, 6.07) is 8.61. The molecule has 0 amide bonds. The summed E-state index contributed by atoms with van der Waals surface area (Å²) in [5, 5.41) is 6.11. The van der Waals surface area contributed by atoms with E-state index in [1.807, 2.05) is 5.38 Å². The highest BCUT2D eigenvalue weighted by Crippen LogP contribution is 2.25. The van der Waals surface area contributed by atoms with Gasteiger partial charge < -0.3 is 5.32 Å². The fraction of sp³-hybridized carbons (Fsp3) is 0. The number of benzene rings is 1. The maximum absolute atomic E-state index is 12.2. The van der Waals surface area contributed by atoms with Crippen LogP contribution in [0.15, 0.2) is 35.7 Å². The van der Waals surface area contributed by atoms with Gasteiger partial charge in [-0.2, -0.15) is 0 Å². The van der Waals surface area contributed by atoms with Crippen LogP contribution < -0.4 is 5.32 Å². The van der Waals surface area contributed by atoms with Gasteiger partial charge in [0.25, 0.3) is 0 Å². The molecule has 5 heteroatoms. The van der Waals surface area contributed by atoms with E-state index in [9.17, 15) is 4.79 Å². The molecule has 86 valence electrons. The van der Waals surface area contributed by atoms with Crippen molar-refractivity contribution in [3.8, 4) is 0 Å². The van der Waals surface area contributed by atoms with E-state index in [1.165, 1.54) is 16.8 Å². The molecule has 0 aliphatic heterocycles. The number of thiophene rings is 1. The maximum Gasteiger partial charge on any atom is 0.195 e. The molecule has 1 aromatic heterocycles. The highest BCUT2D eigenvalue weighted by Gasteiger charge is 2.14. The van der Waals surface area contributed by atoms with Gasteiger partial charge in [0.05, 0.1) is 11.1 Å². The minimum atomic E-state index is -0.0396. The molecule has 0 unspecified atom stereocenters. The number of ketones is 1. The van der Waals surface area contributed by atoms with Crippen LogP contribution in [0.5, 0.6) is 0 Å². The highest BCUT2D eigenvalue weighted by atomic mass is 35.5. The SMILES string of the molecule is O=C(c1ccc(Cl)cc1)c1ccsc1NC=S. The lowest BCUT2D eigenvalue weighted by Gasteiger charge is -2.02. The molecule has 1 heterocycles. The summed E-state index contributed by atoms with van der Waals surface area (Å²) < 4.78 is 0. The first-order valence-corrected chi connectivity index (χ1v) is 6.53. The van der Waals surface area contributed by atoms with Crippen molar-refractivity contribution in [3.05, 3.63) is 51.9 Å². The molecule has 0 fully saturated rings. The third-order valence-corrected chi connectivity index (χ3v) is 3.42. The van der Waals surface area contributed by atoms with Crippen LogP contribution in [0.3, 0.4) is 0 Å². The summed E-state index contributed by atoms with van der Waals surface area (Å²) in [6.45, 7) is 0. The van der Waals surface area contributed by atoms with E-state index in [1.54, 1.807) is 30.3 Å². The minimum absolute atomic E-state index is 0.0396. The second-order valence-electron chi connectivity index (χ2n) is 3.26. The molecule has 0 saturated carbocycles. The molecule has 0 aliphatic carbocycles. The zero-order chi connectivity index (χ0) is 12.3. The average Bonchev–Trinajstić information content (AvgIpc) is 2.78. The van der Waals surface area contributed by atoms with Gasteiger partial charge in [0.2, 0.25) is 0 Å². The second kappa shape index (κ2) is 5.40. The number of rotatable bonds is 4. The van der Waals surface area contributed by atoms with Crippen molar-refractivity contribution >= 4 is 51.4 Å². The van der Waals surface area contributed by atoms with Crippen LogP contribution in [-0.2, 0) is 0 Å². The van der Waals surface area contributed by atoms with Crippen LogP contribution >= 0.6 is 35.2 Å². The molecule has 2 aromatic rings. The molecule has 2 rings (SSSR count). The summed E-state index contributed by atoms with van der Waals surface area (Å²) >= 11 is 11.9. The van der Waals surface area contributed by atoms with Gasteiger partial charge in [-0.15, -0.1) is 11.3 Å². The van der Waals surface area contributed by atoms with Crippen LogP contribution in [0.4, 0.5) is 5.00 Å². The Morgan fingerprint density at radius 1 is 1.29 bits per heavy atom. The third kappa shape index (κ3) is 2.72. The van der Waals surface area contributed by atoms with Crippen molar-refractivity contribution in [1.82, 2.24) is 0 Å². The normalized spacial score (nSPS) is 9.94. The van der Waals surface area contributed by atoms with Crippen molar-refractivity contribution in [2.75, 3.05) is 5.32 Å². The van der Waals surface area contributed by atoms with Crippen LogP contribution in [0.1, 0.15) is 15.9 Å². The first kappa shape index (κ1) is 12.2. The molecular weight excluding hydrogens is 274 g/mol. The first-order valence-electron chi connectivity index (χ1n) is 4.80. The molecule has 0 spiro atoms. The Morgan fingerprint density at radius 2 is 2.00 bits per heavy atom. The van der Waals surface area contributed by atoms with Crippen molar-refractivity contribution in [2.45, 2.75) is 0 Å². The van der Waals surface area contributed by atoms with E-state index in [2.05, 4.69) is 5.32 Å². The number of thiocarbonyl (C=S) groups is 1. The summed E-state index contributed by atoms with van der Waals surface area (Å²) in [6.07, 6.45) is 0. The molecule has 17 heavy (non-hydrogen) atoms. The van der Waals surface area contributed by atoms with Gasteiger partial charge in [0.1, 0.15) is 5.00 Å². The topological polar surface area (TPSA) is 29.1 Å². The van der Waals surface area contributed by atoms with E-state index >= 15 is 0 Å². The van der Waals surface area contributed by atoms with Gasteiger partial charge in [-0.25, -0.2) is 0 Å². The van der Waals surface area contributed by atoms with Gasteiger partial charge in [-0.05, 0) is 35.7 Å².